The van der Waals surface area contributed by atoms with Crippen molar-refractivity contribution >= 4 is 23.9 Å². The van der Waals surface area contributed by atoms with Gasteiger partial charge in [-0.1, -0.05) is 30.3 Å². The number of ether oxygens (including phenoxy) is 3. The number of esters is 2. The molecule has 180 valence electrons. The zero-order valence-corrected chi connectivity index (χ0v) is 19.2. The van der Waals surface area contributed by atoms with E-state index in [9.17, 15) is 19.2 Å². The number of fused-ring (bicyclic) bond motifs is 3. The van der Waals surface area contributed by atoms with E-state index in [1.165, 1.54) is 14.2 Å². The van der Waals surface area contributed by atoms with Gasteiger partial charge >= 0.3 is 18.0 Å². The predicted octanol–water partition coefficient (Wildman–Crippen LogP) is 2.62. The number of carbonyl (C=O) groups is 4. The maximum absolute atomic E-state index is 13.2. The summed E-state index contributed by atoms with van der Waals surface area (Å²) in [4.78, 5) is 49.1. The molecule has 3 saturated carbocycles. The van der Waals surface area contributed by atoms with E-state index in [4.69, 9.17) is 9.47 Å². The Bertz CT molecular complexity index is 846. The highest BCUT2D eigenvalue weighted by Crippen LogP contribution is 2.52. The Morgan fingerprint density at radius 1 is 0.939 bits per heavy atom. The van der Waals surface area contributed by atoms with Gasteiger partial charge in [-0.15, -0.1) is 0 Å². The summed E-state index contributed by atoms with van der Waals surface area (Å²) in [5.41, 5.74) is -0.0439. The van der Waals surface area contributed by atoms with Gasteiger partial charge in [0.1, 0.15) is 12.6 Å². The molecule has 9 nitrogen and oxygen atoms in total. The van der Waals surface area contributed by atoms with Gasteiger partial charge in [0.15, 0.2) is 0 Å². The van der Waals surface area contributed by atoms with Gasteiger partial charge in [0, 0.05) is 17.4 Å². The Kier molecular flexibility index (Phi) is 7.94. The van der Waals surface area contributed by atoms with Crippen LogP contribution in [0.3, 0.4) is 0 Å². The van der Waals surface area contributed by atoms with Crippen molar-refractivity contribution in [3.05, 3.63) is 35.9 Å². The summed E-state index contributed by atoms with van der Waals surface area (Å²) < 4.78 is 14.8. The molecular weight excluding hydrogens is 428 g/mol. The first-order valence-corrected chi connectivity index (χ1v) is 11.3. The van der Waals surface area contributed by atoms with Crippen molar-refractivity contribution in [1.82, 2.24) is 10.6 Å². The van der Waals surface area contributed by atoms with Crippen molar-refractivity contribution in [2.75, 3.05) is 14.2 Å². The van der Waals surface area contributed by atoms with Crippen molar-refractivity contribution < 1.29 is 33.4 Å². The van der Waals surface area contributed by atoms with Crippen LogP contribution in [0.25, 0.3) is 0 Å². The fraction of sp³-hybridized carbons (Fsp3) is 0.583. The molecule has 3 aliphatic rings. The zero-order chi connectivity index (χ0) is 23.9. The number of hydrogen-bond donors (Lipinski definition) is 2. The van der Waals surface area contributed by atoms with Gasteiger partial charge in [-0.2, -0.15) is 0 Å². The van der Waals surface area contributed by atoms with Crippen LogP contribution < -0.4 is 10.6 Å². The molecule has 3 aliphatic carbocycles. The molecule has 3 fully saturated rings. The second-order valence-electron chi connectivity index (χ2n) is 8.91. The number of amides is 2. The molecule has 1 aromatic carbocycles. The second kappa shape index (κ2) is 10.7. The molecule has 0 radical (unpaired) electrons. The minimum atomic E-state index is -0.907. The number of benzene rings is 1. The van der Waals surface area contributed by atoms with Crippen LogP contribution in [0.1, 0.15) is 56.9 Å². The number of alkyl carbamates (subject to hydrolysis) is 1. The highest BCUT2D eigenvalue weighted by atomic mass is 16.5. The number of rotatable bonds is 9. The molecule has 2 N–H and O–H groups in total. The maximum Gasteiger partial charge on any atom is 0.407 e. The molecule has 0 saturated heterocycles. The molecule has 1 atom stereocenters. The molecule has 2 bridgehead atoms. The van der Waals surface area contributed by atoms with Crippen LogP contribution in [0.15, 0.2) is 30.3 Å². The predicted molar refractivity (Wildman–Crippen MR) is 118 cm³/mol. The van der Waals surface area contributed by atoms with Gasteiger partial charge in [0.25, 0.3) is 0 Å². The molecule has 0 unspecified atom stereocenters. The number of nitrogens with one attached hydrogen (secondary N) is 2. The van der Waals surface area contributed by atoms with Gasteiger partial charge in [-0.3, -0.25) is 9.59 Å². The number of carbonyl (C=O) groups excluding carboxylic acids is 4. The molecule has 0 spiro atoms. The Hall–Kier alpha value is -3.10. The summed E-state index contributed by atoms with van der Waals surface area (Å²) in [6.07, 6.45) is 3.44. The molecule has 9 heteroatoms. The van der Waals surface area contributed by atoms with Gasteiger partial charge < -0.3 is 24.8 Å². The van der Waals surface area contributed by atoms with E-state index in [0.717, 1.165) is 5.56 Å². The summed E-state index contributed by atoms with van der Waals surface area (Å²) in [6.45, 7) is 0.204. The Morgan fingerprint density at radius 3 is 2.15 bits per heavy atom. The van der Waals surface area contributed by atoms with Crippen LogP contribution >= 0.6 is 0 Å². The molecule has 0 aliphatic heterocycles. The number of hydrogen-bond acceptors (Lipinski definition) is 7. The van der Waals surface area contributed by atoms with Crippen LogP contribution in [-0.4, -0.2) is 49.7 Å². The number of methoxy groups -OCH3 is 2. The van der Waals surface area contributed by atoms with E-state index in [1.54, 1.807) is 0 Å². The Labute approximate surface area is 193 Å². The van der Waals surface area contributed by atoms with E-state index in [0.29, 0.717) is 38.5 Å². The Morgan fingerprint density at radius 2 is 1.58 bits per heavy atom. The molecule has 0 aromatic heterocycles. The van der Waals surface area contributed by atoms with Gasteiger partial charge in [0.2, 0.25) is 5.91 Å². The summed E-state index contributed by atoms with van der Waals surface area (Å²) in [6, 6.07) is 8.57. The van der Waals surface area contributed by atoms with Crippen LogP contribution in [0.5, 0.6) is 0 Å². The lowest BCUT2D eigenvalue weighted by Gasteiger charge is -2.52. The summed E-state index contributed by atoms with van der Waals surface area (Å²) >= 11 is 0. The SMILES string of the molecule is COC(=O)CC[C@H](NC(=O)C12CCC(NC(=O)OCc3ccccc3)(CC1)CC2)C(=O)OC. The minimum Gasteiger partial charge on any atom is -0.469 e. The fourth-order valence-corrected chi connectivity index (χ4v) is 4.76. The van der Waals surface area contributed by atoms with Crippen LogP contribution in [0, 0.1) is 5.41 Å². The van der Waals surface area contributed by atoms with E-state index >= 15 is 0 Å². The highest BCUT2D eigenvalue weighted by molar-refractivity contribution is 5.88. The topological polar surface area (TPSA) is 120 Å². The lowest BCUT2D eigenvalue weighted by Crippen LogP contribution is -2.60. The zero-order valence-electron chi connectivity index (χ0n) is 19.2. The van der Waals surface area contributed by atoms with Gasteiger partial charge in [0.05, 0.1) is 14.2 Å². The van der Waals surface area contributed by atoms with Crippen LogP contribution in [0.2, 0.25) is 0 Å². The van der Waals surface area contributed by atoms with Crippen LogP contribution in [-0.2, 0) is 35.2 Å². The first-order valence-electron chi connectivity index (χ1n) is 11.3. The highest BCUT2D eigenvalue weighted by Gasteiger charge is 2.53. The lowest BCUT2D eigenvalue weighted by atomic mass is 9.57. The van der Waals surface area contributed by atoms with E-state index in [1.807, 2.05) is 30.3 Å². The first-order chi connectivity index (χ1) is 15.8. The molecule has 1 aromatic rings. The third kappa shape index (κ3) is 6.03. The quantitative estimate of drug-likeness (QED) is 0.429. The second-order valence-corrected chi connectivity index (χ2v) is 8.91. The molecule has 2 amide bonds. The first kappa shape index (κ1) is 24.5. The van der Waals surface area contributed by atoms with E-state index in [2.05, 4.69) is 15.4 Å². The van der Waals surface area contributed by atoms with Gasteiger partial charge in [-0.25, -0.2) is 9.59 Å². The lowest BCUT2D eigenvalue weighted by molar-refractivity contribution is -0.150. The molecule has 0 heterocycles. The molecular formula is C24H32N2O7. The standard InChI is InChI=1S/C24H32N2O7/c1-31-19(27)9-8-18(20(28)32-2)25-21(29)23-10-13-24(14-11-23,15-12-23)26-22(30)33-16-17-6-4-3-5-7-17/h3-7,18H,8-16H2,1-2H3,(H,25,29)(H,26,30)/t18-,23?,24?/m0/s1. The van der Waals surface area contributed by atoms with Crippen molar-refractivity contribution in [3.63, 3.8) is 0 Å². The normalized spacial score (nSPS) is 24.3. The van der Waals surface area contributed by atoms with E-state index in [-0.39, 0.29) is 30.9 Å². The smallest absolute Gasteiger partial charge is 0.407 e. The summed E-state index contributed by atoms with van der Waals surface area (Å²) in [7, 11) is 2.52. The minimum absolute atomic E-state index is 0.00166. The third-order valence-electron chi connectivity index (χ3n) is 6.96. The maximum atomic E-state index is 13.2. The summed E-state index contributed by atoms with van der Waals surface area (Å²) in [5.74, 6) is -1.25. The van der Waals surface area contributed by atoms with E-state index < -0.39 is 29.5 Å². The van der Waals surface area contributed by atoms with Crippen molar-refractivity contribution in [2.45, 2.75) is 69.6 Å². The fourth-order valence-electron chi connectivity index (χ4n) is 4.76. The third-order valence-corrected chi connectivity index (χ3v) is 6.96. The van der Waals surface area contributed by atoms with Crippen molar-refractivity contribution in [2.24, 2.45) is 5.41 Å². The monoisotopic (exact) mass is 460 g/mol. The average Bonchev–Trinajstić information content (AvgIpc) is 2.85. The van der Waals surface area contributed by atoms with Crippen LogP contribution in [0.4, 0.5) is 4.79 Å². The largest absolute Gasteiger partial charge is 0.469 e. The molecule has 33 heavy (non-hydrogen) atoms. The summed E-state index contributed by atoms with van der Waals surface area (Å²) in [5, 5.41) is 5.83. The van der Waals surface area contributed by atoms with Crippen molar-refractivity contribution in [3.8, 4) is 0 Å². The molecule has 4 rings (SSSR count). The van der Waals surface area contributed by atoms with Gasteiger partial charge in [-0.05, 0) is 50.5 Å². The average molecular weight is 461 g/mol. The Balaban J connectivity index is 1.53. The van der Waals surface area contributed by atoms with Crippen molar-refractivity contribution in [1.29, 1.82) is 0 Å².